The molecule has 2 atom stereocenters. The standard InChI is InChI=1S/C15H25N3O2/c1-12-14(17-11-16-12)8-18-5-4-15(10-18)7-13(9-20-15)3-6-19-2/h11,13H,3-10H2,1-2H3,(H,16,17)/t13-,15-/m0/s1. The van der Waals surface area contributed by atoms with Gasteiger partial charge in [0, 0.05) is 39.0 Å². The van der Waals surface area contributed by atoms with Gasteiger partial charge in [0.25, 0.3) is 0 Å². The summed E-state index contributed by atoms with van der Waals surface area (Å²) in [4.78, 5) is 10.0. The van der Waals surface area contributed by atoms with Gasteiger partial charge in [-0.15, -0.1) is 0 Å². The summed E-state index contributed by atoms with van der Waals surface area (Å²) in [5, 5.41) is 0. The molecule has 0 saturated carbocycles. The van der Waals surface area contributed by atoms with Crippen molar-refractivity contribution in [3.63, 3.8) is 0 Å². The summed E-state index contributed by atoms with van der Waals surface area (Å²) in [6.45, 7) is 6.93. The third kappa shape index (κ3) is 2.90. The number of methoxy groups -OCH3 is 1. The van der Waals surface area contributed by atoms with Gasteiger partial charge in [-0.3, -0.25) is 4.90 Å². The van der Waals surface area contributed by atoms with Gasteiger partial charge >= 0.3 is 0 Å². The molecule has 1 aromatic heterocycles. The maximum Gasteiger partial charge on any atom is 0.0925 e. The molecule has 5 heteroatoms. The van der Waals surface area contributed by atoms with Gasteiger partial charge in [0.2, 0.25) is 0 Å². The number of imidazole rings is 1. The van der Waals surface area contributed by atoms with Gasteiger partial charge in [0.15, 0.2) is 0 Å². The third-order valence-corrected chi connectivity index (χ3v) is 4.72. The predicted octanol–water partition coefficient (Wildman–Crippen LogP) is 1.74. The summed E-state index contributed by atoms with van der Waals surface area (Å²) in [5.74, 6) is 0.669. The van der Waals surface area contributed by atoms with E-state index in [1.165, 1.54) is 12.1 Å². The summed E-state index contributed by atoms with van der Waals surface area (Å²) in [6, 6.07) is 0. The summed E-state index contributed by atoms with van der Waals surface area (Å²) in [7, 11) is 1.77. The Morgan fingerprint density at radius 3 is 3.25 bits per heavy atom. The molecule has 0 aromatic carbocycles. The van der Waals surface area contributed by atoms with Gasteiger partial charge in [0.05, 0.1) is 24.2 Å². The highest BCUT2D eigenvalue weighted by Crippen LogP contribution is 2.39. The monoisotopic (exact) mass is 279 g/mol. The highest BCUT2D eigenvalue weighted by Gasteiger charge is 2.45. The summed E-state index contributed by atoms with van der Waals surface area (Å²) < 4.78 is 11.3. The molecular formula is C15H25N3O2. The van der Waals surface area contributed by atoms with Gasteiger partial charge in [-0.2, -0.15) is 0 Å². The van der Waals surface area contributed by atoms with Gasteiger partial charge in [-0.1, -0.05) is 0 Å². The molecule has 2 aliphatic rings. The van der Waals surface area contributed by atoms with Crippen LogP contribution in [0, 0.1) is 12.8 Å². The van der Waals surface area contributed by atoms with Gasteiger partial charge in [0.1, 0.15) is 0 Å². The molecule has 0 radical (unpaired) electrons. The molecular weight excluding hydrogens is 254 g/mol. The lowest BCUT2D eigenvalue weighted by Gasteiger charge is -2.23. The highest BCUT2D eigenvalue weighted by molar-refractivity contribution is 5.09. The highest BCUT2D eigenvalue weighted by atomic mass is 16.5. The Hall–Kier alpha value is -0.910. The normalized spacial score (nSPS) is 30.6. The fraction of sp³-hybridized carbons (Fsp3) is 0.800. The Morgan fingerprint density at radius 1 is 1.60 bits per heavy atom. The SMILES string of the molecule is COCC[C@@H]1CO[C@@]2(CCN(Cc3nc[nH]c3C)C2)C1. The first-order valence-corrected chi connectivity index (χ1v) is 7.55. The number of hydrogen-bond donors (Lipinski definition) is 1. The minimum Gasteiger partial charge on any atom is -0.385 e. The first-order valence-electron chi connectivity index (χ1n) is 7.55. The van der Waals surface area contributed by atoms with Crippen LogP contribution in [0.25, 0.3) is 0 Å². The minimum absolute atomic E-state index is 0.0998. The number of aromatic amines is 1. The Morgan fingerprint density at radius 2 is 2.50 bits per heavy atom. The number of ether oxygens (including phenoxy) is 2. The molecule has 0 aliphatic carbocycles. The van der Waals surface area contributed by atoms with E-state index in [9.17, 15) is 0 Å². The Bertz CT molecular complexity index is 448. The number of H-pyrrole nitrogens is 1. The van der Waals surface area contributed by atoms with Crippen molar-refractivity contribution >= 4 is 0 Å². The predicted molar refractivity (Wildman–Crippen MR) is 76.5 cm³/mol. The number of nitrogens with zero attached hydrogens (tertiary/aromatic N) is 2. The van der Waals surface area contributed by atoms with Crippen LogP contribution < -0.4 is 0 Å². The molecule has 5 nitrogen and oxygen atoms in total. The van der Waals surface area contributed by atoms with Crippen LogP contribution in [0.1, 0.15) is 30.7 Å². The Balaban J connectivity index is 1.53. The number of aryl methyl sites for hydroxylation is 1. The van der Waals surface area contributed by atoms with Crippen LogP contribution in [0.3, 0.4) is 0 Å². The number of rotatable bonds is 5. The average molecular weight is 279 g/mol. The average Bonchev–Trinajstić information content (AvgIpc) is 3.13. The smallest absolute Gasteiger partial charge is 0.0925 e. The van der Waals surface area contributed by atoms with E-state index in [4.69, 9.17) is 9.47 Å². The van der Waals surface area contributed by atoms with E-state index in [2.05, 4.69) is 21.8 Å². The lowest BCUT2D eigenvalue weighted by Crippen LogP contribution is -2.32. The summed E-state index contributed by atoms with van der Waals surface area (Å²) >= 11 is 0. The van der Waals surface area contributed by atoms with Crippen LogP contribution in [-0.2, 0) is 16.0 Å². The molecule has 1 aromatic rings. The molecule has 1 spiro atoms. The zero-order chi connectivity index (χ0) is 14.0. The van der Waals surface area contributed by atoms with Crippen molar-refractivity contribution in [3.05, 3.63) is 17.7 Å². The van der Waals surface area contributed by atoms with Crippen LogP contribution >= 0.6 is 0 Å². The fourth-order valence-corrected chi connectivity index (χ4v) is 3.51. The van der Waals surface area contributed by atoms with E-state index in [0.29, 0.717) is 5.92 Å². The van der Waals surface area contributed by atoms with Crippen LogP contribution in [0.5, 0.6) is 0 Å². The molecule has 3 rings (SSSR count). The third-order valence-electron chi connectivity index (χ3n) is 4.72. The molecule has 3 heterocycles. The van der Waals surface area contributed by atoms with Crippen molar-refractivity contribution in [1.82, 2.24) is 14.9 Å². The first kappa shape index (κ1) is 14.0. The lowest BCUT2D eigenvalue weighted by molar-refractivity contribution is 0.0107. The molecule has 0 amide bonds. The molecule has 20 heavy (non-hydrogen) atoms. The Labute approximate surface area is 120 Å². The fourth-order valence-electron chi connectivity index (χ4n) is 3.51. The molecule has 0 unspecified atom stereocenters. The van der Waals surface area contributed by atoms with Crippen molar-refractivity contribution in [1.29, 1.82) is 0 Å². The summed E-state index contributed by atoms with van der Waals surface area (Å²) in [5.41, 5.74) is 2.44. The number of hydrogen-bond acceptors (Lipinski definition) is 4. The number of nitrogens with one attached hydrogen (secondary N) is 1. The second-order valence-electron chi connectivity index (χ2n) is 6.28. The van der Waals surface area contributed by atoms with Gasteiger partial charge in [-0.05, 0) is 32.1 Å². The molecule has 1 N–H and O–H groups in total. The van der Waals surface area contributed by atoms with E-state index in [0.717, 1.165) is 51.4 Å². The van der Waals surface area contributed by atoms with Crippen molar-refractivity contribution in [2.24, 2.45) is 5.92 Å². The maximum atomic E-state index is 6.17. The van der Waals surface area contributed by atoms with E-state index in [-0.39, 0.29) is 5.60 Å². The molecule has 2 fully saturated rings. The van der Waals surface area contributed by atoms with E-state index in [1.54, 1.807) is 13.4 Å². The number of likely N-dealkylation sites (tertiary alicyclic amines) is 1. The van der Waals surface area contributed by atoms with Crippen LogP contribution in [0.4, 0.5) is 0 Å². The minimum atomic E-state index is 0.0998. The zero-order valence-corrected chi connectivity index (χ0v) is 12.5. The number of aromatic nitrogens is 2. The van der Waals surface area contributed by atoms with Crippen molar-refractivity contribution in [2.75, 3.05) is 33.4 Å². The van der Waals surface area contributed by atoms with E-state index >= 15 is 0 Å². The molecule has 0 bridgehead atoms. The maximum absolute atomic E-state index is 6.17. The lowest BCUT2D eigenvalue weighted by atomic mass is 9.92. The van der Waals surface area contributed by atoms with E-state index < -0.39 is 0 Å². The molecule has 2 saturated heterocycles. The topological polar surface area (TPSA) is 50.4 Å². The summed E-state index contributed by atoms with van der Waals surface area (Å²) in [6.07, 6.45) is 5.24. The quantitative estimate of drug-likeness (QED) is 0.892. The van der Waals surface area contributed by atoms with Crippen LogP contribution in [-0.4, -0.2) is 53.9 Å². The molecule has 112 valence electrons. The molecule has 2 aliphatic heterocycles. The van der Waals surface area contributed by atoms with Gasteiger partial charge < -0.3 is 14.5 Å². The zero-order valence-electron chi connectivity index (χ0n) is 12.5. The second-order valence-corrected chi connectivity index (χ2v) is 6.28. The van der Waals surface area contributed by atoms with Crippen LogP contribution in [0.2, 0.25) is 0 Å². The van der Waals surface area contributed by atoms with Gasteiger partial charge in [-0.25, -0.2) is 4.98 Å². The van der Waals surface area contributed by atoms with Crippen molar-refractivity contribution in [2.45, 2.75) is 38.3 Å². The second kappa shape index (κ2) is 5.84. The Kier molecular flexibility index (Phi) is 4.10. The van der Waals surface area contributed by atoms with Crippen molar-refractivity contribution < 1.29 is 9.47 Å². The van der Waals surface area contributed by atoms with Crippen LogP contribution in [0.15, 0.2) is 6.33 Å². The van der Waals surface area contributed by atoms with E-state index in [1.807, 2.05) is 0 Å². The first-order chi connectivity index (χ1) is 9.71. The van der Waals surface area contributed by atoms with Crippen molar-refractivity contribution in [3.8, 4) is 0 Å². The largest absolute Gasteiger partial charge is 0.385 e.